The molecule has 4 rings (SSSR count). The van der Waals surface area contributed by atoms with Crippen molar-refractivity contribution in [3.8, 4) is 5.75 Å². The Balaban J connectivity index is 1.75. The van der Waals surface area contributed by atoms with Crippen molar-refractivity contribution in [1.82, 2.24) is 10.2 Å². The first kappa shape index (κ1) is 13.4. The van der Waals surface area contributed by atoms with Gasteiger partial charge < -0.3 is 15.0 Å². The highest BCUT2D eigenvalue weighted by atomic mass is 16.5. The molecule has 1 aromatic rings. The molecule has 4 heteroatoms. The van der Waals surface area contributed by atoms with Crippen molar-refractivity contribution in [3.63, 3.8) is 0 Å². The van der Waals surface area contributed by atoms with Crippen LogP contribution in [0.15, 0.2) is 18.2 Å². The predicted octanol–water partition coefficient (Wildman–Crippen LogP) is 1.83. The Bertz CT molecular complexity index is 507. The van der Waals surface area contributed by atoms with E-state index in [1.165, 1.54) is 25.9 Å². The zero-order valence-corrected chi connectivity index (χ0v) is 12.2. The van der Waals surface area contributed by atoms with Crippen molar-refractivity contribution in [2.24, 2.45) is 5.92 Å². The summed E-state index contributed by atoms with van der Waals surface area (Å²) in [4.78, 5) is 15.0. The van der Waals surface area contributed by atoms with E-state index in [0.717, 1.165) is 12.1 Å². The van der Waals surface area contributed by atoms with Gasteiger partial charge in [0, 0.05) is 12.6 Å². The number of rotatable bonds is 3. The van der Waals surface area contributed by atoms with Crippen LogP contribution in [0.4, 0.5) is 0 Å². The lowest BCUT2D eigenvalue weighted by Gasteiger charge is -2.44. The molecule has 0 saturated carbocycles. The van der Waals surface area contributed by atoms with E-state index in [0.29, 0.717) is 17.2 Å². The summed E-state index contributed by atoms with van der Waals surface area (Å²) >= 11 is 0. The fraction of sp³-hybridized carbons (Fsp3) is 0.562. The molecule has 0 spiro atoms. The Kier molecular flexibility index (Phi) is 3.66. The normalized spacial score (nSPS) is 28.2. The van der Waals surface area contributed by atoms with Crippen molar-refractivity contribution < 1.29 is 9.53 Å². The maximum Gasteiger partial charge on any atom is 0.255 e. The molecule has 0 aliphatic carbocycles. The Hall–Kier alpha value is -1.55. The van der Waals surface area contributed by atoms with Crippen molar-refractivity contribution in [1.29, 1.82) is 0 Å². The number of nitrogens with one attached hydrogen (secondary N) is 1. The first-order valence-corrected chi connectivity index (χ1v) is 7.35. The standard InChI is InChI=1S/C16H22N2O2/c1-11-3-4-15(20-2)13(9-11)16(19)17-14-10-18-7-5-12(14)6-8-18/h3-4,9,12,14H,5-8,10H2,1-2H3,(H,17,19). The number of fused-ring (bicyclic) bond motifs is 3. The SMILES string of the molecule is COc1ccc(C)cc1C(=O)NC1CN2CCC1CC2. The van der Waals surface area contributed by atoms with Gasteiger partial charge in [-0.15, -0.1) is 0 Å². The van der Waals surface area contributed by atoms with Crippen LogP contribution >= 0.6 is 0 Å². The molecule has 1 atom stereocenters. The average Bonchev–Trinajstić information content (AvgIpc) is 2.48. The van der Waals surface area contributed by atoms with Gasteiger partial charge in [-0.2, -0.15) is 0 Å². The molecule has 20 heavy (non-hydrogen) atoms. The van der Waals surface area contributed by atoms with Crippen LogP contribution in [-0.4, -0.2) is 43.6 Å². The smallest absolute Gasteiger partial charge is 0.255 e. The molecule has 1 N–H and O–H groups in total. The number of piperidine rings is 3. The van der Waals surface area contributed by atoms with Gasteiger partial charge in [-0.25, -0.2) is 0 Å². The number of benzene rings is 1. The molecule has 3 fully saturated rings. The summed E-state index contributed by atoms with van der Waals surface area (Å²) in [7, 11) is 1.61. The van der Waals surface area contributed by atoms with Gasteiger partial charge in [0.2, 0.25) is 0 Å². The number of hydrogen-bond acceptors (Lipinski definition) is 3. The van der Waals surface area contributed by atoms with Crippen LogP contribution in [-0.2, 0) is 0 Å². The Morgan fingerprint density at radius 3 is 2.70 bits per heavy atom. The number of methoxy groups -OCH3 is 1. The number of ether oxygens (including phenoxy) is 1. The molecule has 0 aromatic heterocycles. The summed E-state index contributed by atoms with van der Waals surface area (Å²) in [5.41, 5.74) is 1.72. The number of carbonyl (C=O) groups is 1. The number of hydrogen-bond donors (Lipinski definition) is 1. The zero-order valence-electron chi connectivity index (χ0n) is 12.2. The molecule has 4 nitrogen and oxygen atoms in total. The van der Waals surface area contributed by atoms with Crippen LogP contribution in [0.25, 0.3) is 0 Å². The van der Waals surface area contributed by atoms with Gasteiger partial charge in [0.25, 0.3) is 5.91 Å². The minimum atomic E-state index is -0.00991. The third kappa shape index (κ3) is 2.52. The molecular formula is C16H22N2O2. The van der Waals surface area contributed by atoms with Crippen molar-refractivity contribution in [3.05, 3.63) is 29.3 Å². The predicted molar refractivity (Wildman–Crippen MR) is 78.1 cm³/mol. The van der Waals surface area contributed by atoms with Crippen molar-refractivity contribution in [2.45, 2.75) is 25.8 Å². The van der Waals surface area contributed by atoms with Crippen molar-refractivity contribution >= 4 is 5.91 Å². The van der Waals surface area contributed by atoms with Crippen LogP contribution in [0.1, 0.15) is 28.8 Å². The van der Waals surface area contributed by atoms with Gasteiger partial charge in [-0.1, -0.05) is 11.6 Å². The van der Waals surface area contributed by atoms with E-state index in [-0.39, 0.29) is 11.9 Å². The lowest BCUT2D eigenvalue weighted by Crippen LogP contribution is -2.57. The second-order valence-electron chi connectivity index (χ2n) is 5.92. The molecule has 3 aliphatic rings. The summed E-state index contributed by atoms with van der Waals surface area (Å²) in [6.07, 6.45) is 2.41. The van der Waals surface area contributed by atoms with Gasteiger partial charge in [0.05, 0.1) is 12.7 Å². The van der Waals surface area contributed by atoms with Crippen LogP contribution in [0.2, 0.25) is 0 Å². The zero-order chi connectivity index (χ0) is 14.1. The van der Waals surface area contributed by atoms with Crippen LogP contribution in [0, 0.1) is 12.8 Å². The second-order valence-corrected chi connectivity index (χ2v) is 5.92. The lowest BCUT2D eigenvalue weighted by molar-refractivity contribution is 0.0619. The summed E-state index contributed by atoms with van der Waals surface area (Å²) in [5.74, 6) is 1.28. The van der Waals surface area contributed by atoms with E-state index in [1.54, 1.807) is 7.11 Å². The van der Waals surface area contributed by atoms with Crippen LogP contribution in [0.3, 0.4) is 0 Å². The molecule has 3 aliphatic heterocycles. The molecular weight excluding hydrogens is 252 g/mol. The fourth-order valence-electron chi connectivity index (χ4n) is 3.37. The van der Waals surface area contributed by atoms with Gasteiger partial charge in [0.1, 0.15) is 5.75 Å². The van der Waals surface area contributed by atoms with Gasteiger partial charge in [0.15, 0.2) is 0 Å². The highest BCUT2D eigenvalue weighted by Crippen LogP contribution is 2.28. The number of aryl methyl sites for hydroxylation is 1. The topological polar surface area (TPSA) is 41.6 Å². The van der Waals surface area contributed by atoms with E-state index in [9.17, 15) is 4.79 Å². The minimum absolute atomic E-state index is 0.00991. The van der Waals surface area contributed by atoms with E-state index in [1.807, 2.05) is 25.1 Å². The van der Waals surface area contributed by atoms with Crippen LogP contribution < -0.4 is 10.1 Å². The second kappa shape index (κ2) is 5.44. The fourth-order valence-corrected chi connectivity index (χ4v) is 3.37. The van der Waals surface area contributed by atoms with Gasteiger partial charge >= 0.3 is 0 Å². The minimum Gasteiger partial charge on any atom is -0.496 e. The quantitative estimate of drug-likeness (QED) is 0.914. The third-order valence-corrected chi connectivity index (χ3v) is 4.57. The van der Waals surface area contributed by atoms with Crippen molar-refractivity contribution in [2.75, 3.05) is 26.7 Å². The highest BCUT2D eigenvalue weighted by Gasteiger charge is 2.35. The number of nitrogens with zero attached hydrogens (tertiary/aromatic N) is 1. The molecule has 1 aromatic carbocycles. The molecule has 2 bridgehead atoms. The first-order valence-electron chi connectivity index (χ1n) is 7.35. The van der Waals surface area contributed by atoms with E-state index in [2.05, 4.69) is 10.2 Å². The molecule has 1 unspecified atom stereocenters. The molecule has 3 saturated heterocycles. The average molecular weight is 274 g/mol. The van der Waals surface area contributed by atoms with E-state index < -0.39 is 0 Å². The summed E-state index contributed by atoms with van der Waals surface area (Å²) in [6, 6.07) is 6.01. The number of amides is 1. The molecule has 3 heterocycles. The molecule has 1 amide bonds. The van der Waals surface area contributed by atoms with E-state index >= 15 is 0 Å². The van der Waals surface area contributed by atoms with Gasteiger partial charge in [-0.3, -0.25) is 4.79 Å². The lowest BCUT2D eigenvalue weighted by atomic mass is 9.84. The molecule has 108 valence electrons. The summed E-state index contributed by atoms with van der Waals surface area (Å²) in [6.45, 7) is 5.35. The third-order valence-electron chi connectivity index (χ3n) is 4.57. The first-order chi connectivity index (χ1) is 9.67. The maximum absolute atomic E-state index is 12.5. The maximum atomic E-state index is 12.5. The Labute approximate surface area is 120 Å². The number of carbonyl (C=O) groups excluding carboxylic acids is 1. The van der Waals surface area contributed by atoms with Gasteiger partial charge in [-0.05, 0) is 50.9 Å². The Morgan fingerprint density at radius 2 is 2.10 bits per heavy atom. The summed E-state index contributed by atoms with van der Waals surface area (Å²) in [5, 5.41) is 3.21. The molecule has 0 radical (unpaired) electrons. The van der Waals surface area contributed by atoms with Crippen LogP contribution in [0.5, 0.6) is 5.75 Å². The van der Waals surface area contributed by atoms with E-state index in [4.69, 9.17) is 4.74 Å². The monoisotopic (exact) mass is 274 g/mol. The highest BCUT2D eigenvalue weighted by molar-refractivity contribution is 5.97. The summed E-state index contributed by atoms with van der Waals surface area (Å²) < 4.78 is 5.30. The largest absolute Gasteiger partial charge is 0.496 e. The Morgan fingerprint density at radius 1 is 1.35 bits per heavy atom.